The van der Waals surface area contributed by atoms with Crippen molar-refractivity contribution in [1.29, 1.82) is 0 Å². The highest BCUT2D eigenvalue weighted by Gasteiger charge is 2.33. The van der Waals surface area contributed by atoms with Gasteiger partial charge in [0.25, 0.3) is 5.91 Å². The minimum absolute atomic E-state index is 0. The molecule has 4 N–H and O–H groups in total. The average molecular weight is 394 g/mol. The zero-order valence-corrected chi connectivity index (χ0v) is 16.1. The summed E-state index contributed by atoms with van der Waals surface area (Å²) >= 11 is 0. The first-order valence-corrected chi connectivity index (χ1v) is 9.18. The summed E-state index contributed by atoms with van der Waals surface area (Å²) < 4.78 is 38.9. The van der Waals surface area contributed by atoms with Crippen LogP contribution < -0.4 is 25.2 Å². The lowest BCUT2D eigenvalue weighted by molar-refractivity contribution is -0.118. The molecule has 0 unspecified atom stereocenters. The number of hydrogen-bond donors (Lipinski definition) is 3. The highest BCUT2D eigenvalue weighted by Crippen LogP contribution is 2.37. The van der Waals surface area contributed by atoms with Gasteiger partial charge in [0, 0.05) is 24.2 Å². The zero-order valence-electron chi connectivity index (χ0n) is 14.4. The number of rotatable bonds is 7. The van der Waals surface area contributed by atoms with Gasteiger partial charge in [-0.2, -0.15) is 0 Å². The molecule has 1 heterocycles. The minimum atomic E-state index is -3.89. The maximum Gasteiger partial charge on any atom is 0.262 e. The van der Waals surface area contributed by atoms with Gasteiger partial charge >= 0.3 is 0 Å². The monoisotopic (exact) mass is 393 g/mol. The smallest absolute Gasteiger partial charge is 0.262 e. The molecule has 0 saturated carbocycles. The number of nitrogens with two attached hydrogens (primary N) is 1. The molecule has 1 amide bonds. The molecule has 0 bridgehead atoms. The fourth-order valence-electron chi connectivity index (χ4n) is 2.52. The van der Waals surface area contributed by atoms with Crippen molar-refractivity contribution in [1.82, 2.24) is 4.72 Å². The summed E-state index contributed by atoms with van der Waals surface area (Å²) in [6.07, 6.45) is 1.11. The number of fused-ring (bicyclic) bond motifs is 1. The van der Waals surface area contributed by atoms with Crippen molar-refractivity contribution in [3.05, 3.63) is 12.1 Å². The molecule has 10 heteroatoms. The van der Waals surface area contributed by atoms with E-state index in [4.69, 9.17) is 15.2 Å². The molecular formula is C15H24ClN3O5S. The normalized spacial score (nSPS) is 14.0. The summed E-state index contributed by atoms with van der Waals surface area (Å²) in [6, 6.07) is 2.78. The SMILES string of the molecule is CCC(CC)(CN)NS(=O)(=O)c1cc2c(cc1OC)NC(=O)CO2.Cl. The van der Waals surface area contributed by atoms with E-state index >= 15 is 0 Å². The Morgan fingerprint density at radius 1 is 1.36 bits per heavy atom. The van der Waals surface area contributed by atoms with Crippen LogP contribution in [0.1, 0.15) is 26.7 Å². The van der Waals surface area contributed by atoms with Gasteiger partial charge < -0.3 is 20.5 Å². The molecule has 0 saturated heterocycles. The predicted octanol–water partition coefficient (Wildman–Crippen LogP) is 1.24. The Morgan fingerprint density at radius 2 is 2.00 bits per heavy atom. The van der Waals surface area contributed by atoms with E-state index in [1.54, 1.807) is 0 Å². The number of amides is 1. The Kier molecular flexibility index (Phi) is 7.07. The number of halogens is 1. The third-order valence-corrected chi connectivity index (χ3v) is 5.88. The Balaban J connectivity index is 0.00000312. The summed E-state index contributed by atoms with van der Waals surface area (Å²) in [6.45, 7) is 3.77. The molecule has 1 aliphatic rings. The van der Waals surface area contributed by atoms with E-state index in [0.29, 0.717) is 18.5 Å². The van der Waals surface area contributed by atoms with Gasteiger partial charge in [0.05, 0.1) is 12.8 Å². The van der Waals surface area contributed by atoms with Crippen molar-refractivity contribution in [2.45, 2.75) is 37.1 Å². The standard InChI is InChI=1S/C15H23N3O5S.ClH/c1-4-15(5-2,9-16)18-24(20,21)13-7-11-10(6-12(13)22-3)17-14(19)8-23-11;/h6-7,18H,4-5,8-9,16H2,1-3H3,(H,17,19);1H. The van der Waals surface area contributed by atoms with Crippen LogP contribution in [0, 0.1) is 0 Å². The molecular weight excluding hydrogens is 370 g/mol. The third kappa shape index (κ3) is 4.35. The third-order valence-electron chi connectivity index (χ3n) is 4.28. The highest BCUT2D eigenvalue weighted by atomic mass is 35.5. The average Bonchev–Trinajstić information content (AvgIpc) is 2.58. The van der Waals surface area contributed by atoms with Crippen molar-refractivity contribution >= 4 is 34.0 Å². The Labute approximate surface area is 153 Å². The molecule has 0 atom stereocenters. The Bertz CT molecular complexity index is 727. The van der Waals surface area contributed by atoms with E-state index in [2.05, 4.69) is 10.0 Å². The molecule has 0 aromatic heterocycles. The lowest BCUT2D eigenvalue weighted by Gasteiger charge is -2.31. The Morgan fingerprint density at radius 3 is 2.52 bits per heavy atom. The molecule has 142 valence electrons. The summed E-state index contributed by atoms with van der Waals surface area (Å²) in [7, 11) is -2.53. The number of methoxy groups -OCH3 is 1. The molecule has 0 spiro atoms. The van der Waals surface area contributed by atoms with Crippen LogP contribution in [0.5, 0.6) is 11.5 Å². The molecule has 1 aliphatic heterocycles. The van der Waals surface area contributed by atoms with Crippen LogP contribution in [-0.2, 0) is 14.8 Å². The van der Waals surface area contributed by atoms with Crippen LogP contribution >= 0.6 is 12.4 Å². The number of carbonyl (C=O) groups is 1. The van der Waals surface area contributed by atoms with Gasteiger partial charge in [-0.1, -0.05) is 13.8 Å². The maximum atomic E-state index is 12.9. The zero-order chi connectivity index (χ0) is 18.0. The van der Waals surface area contributed by atoms with Gasteiger partial charge in [0.15, 0.2) is 6.61 Å². The number of carbonyl (C=O) groups excluding carboxylic acids is 1. The van der Waals surface area contributed by atoms with Crippen molar-refractivity contribution in [3.63, 3.8) is 0 Å². The summed E-state index contributed by atoms with van der Waals surface area (Å²) in [5.41, 5.74) is 5.43. The number of ether oxygens (including phenoxy) is 2. The lowest BCUT2D eigenvalue weighted by atomic mass is 9.95. The molecule has 25 heavy (non-hydrogen) atoms. The van der Waals surface area contributed by atoms with Crippen LogP contribution in [0.15, 0.2) is 17.0 Å². The van der Waals surface area contributed by atoms with E-state index in [-0.39, 0.29) is 47.9 Å². The van der Waals surface area contributed by atoms with Gasteiger partial charge in [0.1, 0.15) is 16.4 Å². The minimum Gasteiger partial charge on any atom is -0.495 e. The quantitative estimate of drug-likeness (QED) is 0.641. The number of sulfonamides is 1. The second kappa shape index (κ2) is 8.22. The largest absolute Gasteiger partial charge is 0.495 e. The van der Waals surface area contributed by atoms with Crippen molar-refractivity contribution < 1.29 is 22.7 Å². The number of benzene rings is 1. The van der Waals surface area contributed by atoms with Crippen molar-refractivity contribution in [2.24, 2.45) is 5.73 Å². The molecule has 1 aromatic carbocycles. The predicted molar refractivity (Wildman–Crippen MR) is 97.1 cm³/mol. The molecule has 2 rings (SSSR count). The first-order chi connectivity index (χ1) is 11.3. The van der Waals surface area contributed by atoms with Gasteiger partial charge in [-0.3, -0.25) is 4.79 Å². The van der Waals surface area contributed by atoms with Gasteiger partial charge in [0.2, 0.25) is 10.0 Å². The molecule has 0 radical (unpaired) electrons. The van der Waals surface area contributed by atoms with Gasteiger partial charge in [-0.25, -0.2) is 13.1 Å². The van der Waals surface area contributed by atoms with Crippen LogP contribution in [0.2, 0.25) is 0 Å². The fraction of sp³-hybridized carbons (Fsp3) is 0.533. The topological polar surface area (TPSA) is 120 Å². The second-order valence-electron chi connectivity index (χ2n) is 5.63. The maximum absolute atomic E-state index is 12.9. The van der Waals surface area contributed by atoms with E-state index in [9.17, 15) is 13.2 Å². The summed E-state index contributed by atoms with van der Waals surface area (Å²) in [5, 5.41) is 2.62. The van der Waals surface area contributed by atoms with Crippen LogP contribution in [0.3, 0.4) is 0 Å². The second-order valence-corrected chi connectivity index (χ2v) is 7.28. The van der Waals surface area contributed by atoms with Crippen LogP contribution in [0.25, 0.3) is 0 Å². The van der Waals surface area contributed by atoms with Crippen molar-refractivity contribution in [3.8, 4) is 11.5 Å². The number of nitrogens with one attached hydrogen (secondary N) is 2. The first kappa shape index (κ1) is 21.5. The van der Waals surface area contributed by atoms with Crippen molar-refractivity contribution in [2.75, 3.05) is 25.6 Å². The summed E-state index contributed by atoms with van der Waals surface area (Å²) in [5.74, 6) is 0.0877. The molecule has 1 aromatic rings. The first-order valence-electron chi connectivity index (χ1n) is 7.69. The van der Waals surface area contributed by atoms with Gasteiger partial charge in [-0.05, 0) is 12.8 Å². The molecule has 0 fully saturated rings. The van der Waals surface area contributed by atoms with E-state index in [0.717, 1.165) is 0 Å². The highest BCUT2D eigenvalue weighted by molar-refractivity contribution is 7.89. The number of anilines is 1. The van der Waals surface area contributed by atoms with Crippen LogP contribution in [0.4, 0.5) is 5.69 Å². The number of hydrogen-bond acceptors (Lipinski definition) is 6. The fourth-order valence-corrected chi connectivity index (χ4v) is 4.24. The summed E-state index contributed by atoms with van der Waals surface area (Å²) in [4.78, 5) is 11.3. The van der Waals surface area contributed by atoms with Gasteiger partial charge in [-0.15, -0.1) is 12.4 Å². The lowest BCUT2D eigenvalue weighted by Crippen LogP contribution is -2.52. The molecule has 8 nitrogen and oxygen atoms in total. The van der Waals surface area contributed by atoms with E-state index < -0.39 is 15.6 Å². The molecule has 0 aliphatic carbocycles. The van der Waals surface area contributed by atoms with Crippen LogP contribution in [-0.4, -0.2) is 40.1 Å². The Hall–Kier alpha value is -1.55. The van der Waals surface area contributed by atoms with E-state index in [1.807, 2.05) is 13.8 Å². The van der Waals surface area contributed by atoms with E-state index in [1.165, 1.54) is 19.2 Å².